The van der Waals surface area contributed by atoms with E-state index in [9.17, 15) is 9.59 Å². The van der Waals surface area contributed by atoms with Gasteiger partial charge in [-0.2, -0.15) is 4.48 Å². The standard InChI is InChI=1S/C28H30N4O2/c1-31-16-14-21(15-17-31)27(33)25-13-7-8-18-32(25,28(29)34)26-22-11-5-6-12-23(22)30-24(26)19-20-9-3-2-4-10-20/h2-13,18,21,25,30H,14-17,19H2,1H3,(H-,29,34)/p+1. The molecule has 6 nitrogen and oxygen atoms in total. The largest absolute Gasteiger partial charge is 0.424 e. The van der Waals surface area contributed by atoms with Crippen LogP contribution in [0.4, 0.5) is 10.5 Å². The number of nitrogens with one attached hydrogen (secondary N) is 1. The van der Waals surface area contributed by atoms with Gasteiger partial charge in [0.2, 0.25) is 0 Å². The summed E-state index contributed by atoms with van der Waals surface area (Å²) >= 11 is 0. The Kier molecular flexibility index (Phi) is 5.94. The van der Waals surface area contributed by atoms with E-state index in [1.165, 1.54) is 0 Å². The molecule has 1 fully saturated rings. The molecule has 3 aromatic rings. The molecule has 0 spiro atoms. The van der Waals surface area contributed by atoms with Crippen LogP contribution in [0.1, 0.15) is 24.1 Å². The summed E-state index contributed by atoms with van der Waals surface area (Å²) < 4.78 is -0.326. The molecule has 0 bridgehead atoms. The van der Waals surface area contributed by atoms with Crippen LogP contribution in [0.3, 0.4) is 0 Å². The third-order valence-electron chi connectivity index (χ3n) is 7.29. The lowest BCUT2D eigenvalue weighted by Crippen LogP contribution is -2.63. The Hall–Kier alpha value is -3.48. The molecule has 3 N–H and O–H groups in total. The maximum Gasteiger partial charge on any atom is 0.424 e. The number of urea groups is 1. The number of nitrogens with two attached hydrogens (primary N) is 1. The molecule has 1 aromatic heterocycles. The highest BCUT2D eigenvalue weighted by atomic mass is 16.2. The molecule has 6 heteroatoms. The molecule has 2 atom stereocenters. The number of Topliss-reactive ketones (excluding diaryl/α,β-unsaturated/α-hetero) is 1. The number of rotatable bonds is 5. The number of aromatic amines is 1. The van der Waals surface area contributed by atoms with E-state index in [1.54, 1.807) is 6.20 Å². The molecule has 2 amide bonds. The van der Waals surface area contributed by atoms with Crippen LogP contribution in [0.5, 0.6) is 0 Å². The second kappa shape index (κ2) is 9.05. The van der Waals surface area contributed by atoms with E-state index >= 15 is 0 Å². The van der Waals surface area contributed by atoms with Gasteiger partial charge in [-0.1, -0.05) is 48.5 Å². The molecule has 3 heterocycles. The predicted molar refractivity (Wildman–Crippen MR) is 136 cm³/mol. The molecular formula is C28H31N4O2+. The maximum absolute atomic E-state index is 13.9. The molecule has 34 heavy (non-hydrogen) atoms. The van der Waals surface area contributed by atoms with Gasteiger partial charge in [0, 0.05) is 12.3 Å². The Morgan fingerprint density at radius 2 is 1.74 bits per heavy atom. The summed E-state index contributed by atoms with van der Waals surface area (Å²) in [4.78, 5) is 33.1. The van der Waals surface area contributed by atoms with E-state index in [0.717, 1.165) is 53.8 Å². The normalized spacial score (nSPS) is 23.4. The zero-order valence-corrected chi connectivity index (χ0v) is 19.5. The topological polar surface area (TPSA) is 79.2 Å². The van der Waals surface area contributed by atoms with Crippen LogP contribution in [0, 0.1) is 5.92 Å². The molecule has 0 aliphatic carbocycles. The van der Waals surface area contributed by atoms with E-state index in [2.05, 4.69) is 29.1 Å². The minimum absolute atomic E-state index is 0.0861. The van der Waals surface area contributed by atoms with E-state index in [0.29, 0.717) is 6.42 Å². The number of aromatic nitrogens is 1. The fourth-order valence-corrected chi connectivity index (χ4v) is 5.48. The molecule has 2 aliphatic heterocycles. The monoisotopic (exact) mass is 455 g/mol. The first-order valence-electron chi connectivity index (χ1n) is 11.9. The number of ketones is 1. The van der Waals surface area contributed by atoms with Gasteiger partial charge in [0.15, 0.2) is 17.5 Å². The second-order valence-electron chi connectivity index (χ2n) is 9.43. The van der Waals surface area contributed by atoms with Crippen molar-refractivity contribution in [3.63, 3.8) is 0 Å². The number of primary amides is 1. The summed E-state index contributed by atoms with van der Waals surface area (Å²) in [6, 6.07) is 16.8. The smallest absolute Gasteiger partial charge is 0.353 e. The number of likely N-dealkylation sites (tertiary alicyclic amines) is 1. The lowest BCUT2D eigenvalue weighted by atomic mass is 9.86. The number of carbonyl (C=O) groups is 2. The number of benzene rings is 2. The summed E-state index contributed by atoms with van der Waals surface area (Å²) in [7, 11) is 2.08. The van der Waals surface area contributed by atoms with Gasteiger partial charge in [-0.3, -0.25) is 4.79 Å². The first-order chi connectivity index (χ1) is 16.5. The average molecular weight is 456 g/mol. The number of carbonyl (C=O) groups excluding carboxylic acids is 2. The molecule has 1 saturated heterocycles. The van der Waals surface area contributed by atoms with Gasteiger partial charge in [-0.15, -0.1) is 0 Å². The van der Waals surface area contributed by atoms with Crippen molar-refractivity contribution in [3.05, 3.63) is 90.3 Å². The molecule has 5 rings (SSSR count). The van der Waals surface area contributed by atoms with Gasteiger partial charge in [-0.25, -0.2) is 4.79 Å². The highest BCUT2D eigenvalue weighted by Crippen LogP contribution is 2.42. The van der Waals surface area contributed by atoms with Gasteiger partial charge in [-0.05, 0) is 62.8 Å². The van der Waals surface area contributed by atoms with E-state index in [4.69, 9.17) is 5.73 Å². The number of amides is 2. The van der Waals surface area contributed by atoms with Crippen molar-refractivity contribution in [2.24, 2.45) is 11.7 Å². The van der Waals surface area contributed by atoms with Crippen LogP contribution in [0.15, 0.2) is 79.0 Å². The van der Waals surface area contributed by atoms with Crippen molar-refractivity contribution in [1.29, 1.82) is 0 Å². The Balaban J connectivity index is 1.67. The van der Waals surface area contributed by atoms with Crippen molar-refractivity contribution in [2.45, 2.75) is 25.3 Å². The first-order valence-corrected chi connectivity index (χ1v) is 11.9. The van der Waals surface area contributed by atoms with Gasteiger partial charge in [0.05, 0.1) is 16.6 Å². The number of hydrogen-bond acceptors (Lipinski definition) is 3. The third-order valence-corrected chi connectivity index (χ3v) is 7.29. The van der Waals surface area contributed by atoms with Crippen molar-refractivity contribution in [3.8, 4) is 0 Å². The molecule has 2 aromatic carbocycles. The molecule has 174 valence electrons. The highest BCUT2D eigenvalue weighted by Gasteiger charge is 2.51. The number of quaternary nitrogens is 1. The van der Waals surface area contributed by atoms with Gasteiger partial charge in [0.25, 0.3) is 0 Å². The summed E-state index contributed by atoms with van der Waals surface area (Å²) in [5.41, 5.74) is 9.90. The number of hydrogen-bond donors (Lipinski definition) is 2. The van der Waals surface area contributed by atoms with Crippen LogP contribution in [-0.2, 0) is 11.2 Å². The minimum atomic E-state index is -0.690. The highest BCUT2D eigenvalue weighted by molar-refractivity contribution is 6.06. The van der Waals surface area contributed by atoms with Crippen LogP contribution in [0.25, 0.3) is 10.9 Å². The quantitative estimate of drug-likeness (QED) is 0.556. The van der Waals surface area contributed by atoms with Crippen LogP contribution in [-0.4, -0.2) is 47.9 Å². The average Bonchev–Trinajstić information content (AvgIpc) is 3.22. The Labute approximate surface area is 199 Å². The molecule has 2 aliphatic rings. The van der Waals surface area contributed by atoms with E-state index in [-0.39, 0.29) is 16.2 Å². The van der Waals surface area contributed by atoms with E-state index in [1.807, 2.05) is 60.7 Å². The summed E-state index contributed by atoms with van der Waals surface area (Å²) in [6.07, 6.45) is 9.55. The van der Waals surface area contributed by atoms with E-state index < -0.39 is 12.1 Å². The number of piperidine rings is 1. The zero-order chi connectivity index (χ0) is 23.7. The summed E-state index contributed by atoms with van der Waals surface area (Å²) in [6.45, 7) is 1.76. The molecule has 0 saturated carbocycles. The summed E-state index contributed by atoms with van der Waals surface area (Å²) in [5.74, 6) is 0.000390. The number of allylic oxidation sites excluding steroid dienone is 2. The third kappa shape index (κ3) is 3.79. The lowest BCUT2D eigenvalue weighted by molar-refractivity contribution is -0.126. The predicted octanol–water partition coefficient (Wildman–Crippen LogP) is 4.51. The second-order valence-corrected chi connectivity index (χ2v) is 9.43. The van der Waals surface area contributed by atoms with Crippen LogP contribution >= 0.6 is 0 Å². The number of fused-ring (bicyclic) bond motifs is 1. The van der Waals surface area contributed by atoms with Crippen LogP contribution < -0.4 is 10.2 Å². The maximum atomic E-state index is 13.9. The van der Waals surface area contributed by atoms with Crippen LogP contribution in [0.2, 0.25) is 0 Å². The molecule has 0 radical (unpaired) electrons. The lowest BCUT2D eigenvalue weighted by Gasteiger charge is -2.39. The fraction of sp³-hybridized carbons (Fsp3) is 0.286. The minimum Gasteiger partial charge on any atom is -0.353 e. The number of H-pyrrole nitrogens is 1. The van der Waals surface area contributed by atoms with Gasteiger partial charge >= 0.3 is 6.03 Å². The number of nitrogens with zero attached hydrogens (tertiary/aromatic N) is 2. The van der Waals surface area contributed by atoms with Crippen molar-refractivity contribution in [1.82, 2.24) is 14.4 Å². The van der Waals surface area contributed by atoms with Gasteiger partial charge < -0.3 is 15.6 Å². The zero-order valence-electron chi connectivity index (χ0n) is 19.5. The first kappa shape index (κ1) is 22.3. The van der Waals surface area contributed by atoms with Crippen molar-refractivity contribution in [2.75, 3.05) is 20.1 Å². The van der Waals surface area contributed by atoms with Crippen molar-refractivity contribution < 1.29 is 9.59 Å². The van der Waals surface area contributed by atoms with Crippen molar-refractivity contribution >= 4 is 28.4 Å². The molecular weight excluding hydrogens is 424 g/mol. The summed E-state index contributed by atoms with van der Waals surface area (Å²) in [5, 5.41) is 0.911. The Morgan fingerprint density at radius 1 is 1.03 bits per heavy atom. The molecule has 2 unspecified atom stereocenters. The Bertz CT molecular complexity index is 1270. The fourth-order valence-electron chi connectivity index (χ4n) is 5.48. The SMILES string of the molecule is CN1CCC(C(=O)C2C=CC=C[N+]2(C(N)=O)c2c(Cc3ccccc3)[nH]c3ccccc23)CC1. The van der Waals surface area contributed by atoms with Gasteiger partial charge in [0.1, 0.15) is 6.20 Å². The number of para-hydroxylation sites is 1. The Morgan fingerprint density at radius 3 is 2.47 bits per heavy atom.